The van der Waals surface area contributed by atoms with Crippen molar-refractivity contribution in [1.29, 1.82) is 0 Å². The number of aromatic hydroxyl groups is 1. The lowest BCUT2D eigenvalue weighted by molar-refractivity contribution is 0.104. The number of aromatic nitrogens is 2. The van der Waals surface area contributed by atoms with Crippen molar-refractivity contribution >= 4 is 22.8 Å². The zero-order chi connectivity index (χ0) is 20.4. The first-order chi connectivity index (χ1) is 14.0. The fraction of sp³-hybridized carbons (Fsp3) is 0.0417. The van der Waals surface area contributed by atoms with E-state index >= 15 is 0 Å². The molecule has 29 heavy (non-hydrogen) atoms. The summed E-state index contributed by atoms with van der Waals surface area (Å²) in [6, 6.07) is 20.7. The normalized spacial score (nSPS) is 11.2. The first-order valence-corrected chi connectivity index (χ1v) is 9.13. The number of benzene rings is 3. The third-order valence-corrected chi connectivity index (χ3v) is 4.67. The Bertz CT molecular complexity index is 1280. The Labute approximate surface area is 167 Å². The van der Waals surface area contributed by atoms with Gasteiger partial charge in [-0.1, -0.05) is 30.3 Å². The van der Waals surface area contributed by atoms with Crippen LogP contribution in [0.2, 0.25) is 0 Å². The summed E-state index contributed by atoms with van der Waals surface area (Å²) >= 11 is 0. The number of nitrogens with zero attached hydrogens (tertiary/aromatic N) is 2. The number of carbonyl (C=O) groups excluding carboxylic acids is 1. The predicted molar refractivity (Wildman–Crippen MR) is 114 cm³/mol. The Kier molecular flexibility index (Phi) is 4.79. The number of phenols is 1. The summed E-state index contributed by atoms with van der Waals surface area (Å²) in [6.45, 7) is 1.79. The van der Waals surface area contributed by atoms with Crippen LogP contribution in [0.25, 0.3) is 22.7 Å². The number of phenolic OH excluding ortho intramolecular Hbond substituents is 1. The minimum atomic E-state index is -0.148. The molecule has 0 amide bonds. The largest absolute Gasteiger partial charge is 0.508 e. The van der Waals surface area contributed by atoms with Crippen molar-refractivity contribution in [3.8, 4) is 11.4 Å². The topological polar surface area (TPSA) is 72.2 Å². The molecule has 0 aliphatic heterocycles. The van der Waals surface area contributed by atoms with E-state index in [1.165, 1.54) is 6.08 Å². The van der Waals surface area contributed by atoms with Crippen LogP contribution in [0.1, 0.15) is 21.7 Å². The number of aryl methyl sites for hydroxylation is 1. The van der Waals surface area contributed by atoms with Gasteiger partial charge in [0.25, 0.3) is 5.56 Å². The molecule has 4 rings (SSSR count). The third kappa shape index (κ3) is 3.71. The molecule has 0 unspecified atom stereocenters. The van der Waals surface area contributed by atoms with Gasteiger partial charge in [-0.3, -0.25) is 14.2 Å². The summed E-state index contributed by atoms with van der Waals surface area (Å²) < 4.78 is 1.54. The van der Waals surface area contributed by atoms with E-state index in [1.54, 1.807) is 72.2 Å². The van der Waals surface area contributed by atoms with Gasteiger partial charge in [-0.15, -0.1) is 0 Å². The third-order valence-electron chi connectivity index (χ3n) is 4.67. The highest BCUT2D eigenvalue weighted by atomic mass is 16.3. The van der Waals surface area contributed by atoms with E-state index in [9.17, 15) is 14.7 Å². The number of hydrogen-bond acceptors (Lipinski definition) is 4. The molecule has 1 N–H and O–H groups in total. The number of rotatable bonds is 4. The van der Waals surface area contributed by atoms with Crippen molar-refractivity contribution in [2.75, 3.05) is 0 Å². The molecule has 5 nitrogen and oxygen atoms in total. The lowest BCUT2D eigenvalue weighted by Gasteiger charge is -2.11. The van der Waals surface area contributed by atoms with E-state index in [0.717, 1.165) is 5.56 Å². The molecule has 0 bridgehead atoms. The van der Waals surface area contributed by atoms with Crippen molar-refractivity contribution < 1.29 is 9.90 Å². The molecule has 0 aliphatic carbocycles. The molecule has 1 aromatic heterocycles. The van der Waals surface area contributed by atoms with Gasteiger partial charge in [0.15, 0.2) is 5.78 Å². The number of allylic oxidation sites excluding steroid dienone is 1. The second kappa shape index (κ2) is 7.56. The van der Waals surface area contributed by atoms with Gasteiger partial charge >= 0.3 is 0 Å². The minimum Gasteiger partial charge on any atom is -0.508 e. The maximum Gasteiger partial charge on any atom is 0.265 e. The standard InChI is InChI=1S/C24H18N2O3/c1-16-25-22-5-3-2-4-21(22)24(29)26(16)19-11-9-18(10-12-19)23(28)15-8-17-6-13-20(27)14-7-17/h2-15,27H,1H3. The quantitative estimate of drug-likeness (QED) is 0.422. The van der Waals surface area contributed by atoms with Crippen molar-refractivity contribution in [3.05, 3.63) is 106 Å². The fourth-order valence-electron chi connectivity index (χ4n) is 3.18. The number of hydrogen-bond donors (Lipinski definition) is 1. The fourth-order valence-corrected chi connectivity index (χ4v) is 3.18. The van der Waals surface area contributed by atoms with Crippen LogP contribution in [0, 0.1) is 6.92 Å². The molecule has 3 aromatic carbocycles. The van der Waals surface area contributed by atoms with E-state index in [-0.39, 0.29) is 17.1 Å². The molecule has 0 saturated carbocycles. The van der Waals surface area contributed by atoms with E-state index in [4.69, 9.17) is 0 Å². The summed E-state index contributed by atoms with van der Waals surface area (Å²) in [5, 5.41) is 9.86. The van der Waals surface area contributed by atoms with E-state index in [2.05, 4.69) is 4.98 Å². The highest BCUT2D eigenvalue weighted by Crippen LogP contribution is 2.15. The number of para-hydroxylation sites is 1. The van der Waals surface area contributed by atoms with E-state index < -0.39 is 0 Å². The lowest BCUT2D eigenvalue weighted by atomic mass is 10.1. The number of carbonyl (C=O) groups is 1. The lowest BCUT2D eigenvalue weighted by Crippen LogP contribution is -2.22. The van der Waals surface area contributed by atoms with Crippen LogP contribution in [-0.4, -0.2) is 20.4 Å². The summed E-state index contributed by atoms with van der Waals surface area (Å²) in [4.78, 5) is 29.8. The Morgan fingerprint density at radius 1 is 0.966 bits per heavy atom. The van der Waals surface area contributed by atoms with Gasteiger partial charge < -0.3 is 5.11 Å². The maximum atomic E-state index is 12.9. The first kappa shape index (κ1) is 18.4. The zero-order valence-electron chi connectivity index (χ0n) is 15.7. The monoisotopic (exact) mass is 382 g/mol. The molecule has 5 heteroatoms. The molecule has 1 heterocycles. The minimum absolute atomic E-state index is 0.139. The van der Waals surface area contributed by atoms with Gasteiger partial charge in [0.05, 0.1) is 16.6 Å². The predicted octanol–water partition coefficient (Wildman–Crippen LogP) is 4.30. The molecule has 0 fully saturated rings. The molecular weight excluding hydrogens is 364 g/mol. The molecule has 0 radical (unpaired) electrons. The zero-order valence-corrected chi connectivity index (χ0v) is 15.7. The number of fused-ring (bicyclic) bond motifs is 1. The van der Waals surface area contributed by atoms with Crippen LogP contribution in [0.15, 0.2) is 83.7 Å². The Hall–Kier alpha value is -3.99. The molecular formula is C24H18N2O3. The molecule has 0 aliphatic rings. The molecule has 4 aromatic rings. The Morgan fingerprint density at radius 2 is 1.66 bits per heavy atom. The van der Waals surface area contributed by atoms with Gasteiger partial charge in [0.1, 0.15) is 11.6 Å². The Morgan fingerprint density at radius 3 is 2.38 bits per heavy atom. The van der Waals surface area contributed by atoms with E-state index in [0.29, 0.717) is 28.0 Å². The summed E-state index contributed by atoms with van der Waals surface area (Å²) in [5.41, 5.74) is 2.52. The second-order valence-electron chi connectivity index (χ2n) is 6.65. The van der Waals surface area contributed by atoms with Crippen molar-refractivity contribution in [3.63, 3.8) is 0 Å². The van der Waals surface area contributed by atoms with Crippen LogP contribution in [0.3, 0.4) is 0 Å². The van der Waals surface area contributed by atoms with E-state index in [1.807, 2.05) is 18.2 Å². The van der Waals surface area contributed by atoms with Crippen LogP contribution in [-0.2, 0) is 0 Å². The van der Waals surface area contributed by atoms with Crippen molar-refractivity contribution in [1.82, 2.24) is 9.55 Å². The van der Waals surface area contributed by atoms with Gasteiger partial charge in [0.2, 0.25) is 0 Å². The smallest absolute Gasteiger partial charge is 0.265 e. The average Bonchev–Trinajstić information content (AvgIpc) is 2.73. The van der Waals surface area contributed by atoms with Gasteiger partial charge in [-0.2, -0.15) is 0 Å². The molecule has 0 spiro atoms. The number of ketones is 1. The van der Waals surface area contributed by atoms with Crippen LogP contribution in [0.5, 0.6) is 5.75 Å². The van der Waals surface area contributed by atoms with Gasteiger partial charge in [-0.25, -0.2) is 4.98 Å². The highest BCUT2D eigenvalue weighted by Gasteiger charge is 2.10. The maximum absolute atomic E-state index is 12.9. The van der Waals surface area contributed by atoms with Crippen molar-refractivity contribution in [2.24, 2.45) is 0 Å². The second-order valence-corrected chi connectivity index (χ2v) is 6.65. The SMILES string of the molecule is Cc1nc2ccccc2c(=O)n1-c1ccc(C(=O)C=Cc2ccc(O)cc2)cc1. The molecule has 142 valence electrons. The first-order valence-electron chi connectivity index (χ1n) is 9.13. The van der Waals surface area contributed by atoms with Crippen LogP contribution >= 0.6 is 0 Å². The van der Waals surface area contributed by atoms with Gasteiger partial charge in [-0.05, 0) is 67.1 Å². The summed E-state index contributed by atoms with van der Waals surface area (Å²) in [5.74, 6) is 0.614. The van der Waals surface area contributed by atoms with Gasteiger partial charge in [0, 0.05) is 5.56 Å². The Balaban J connectivity index is 1.63. The summed E-state index contributed by atoms with van der Waals surface area (Å²) in [7, 11) is 0. The summed E-state index contributed by atoms with van der Waals surface area (Å²) in [6.07, 6.45) is 3.17. The van der Waals surface area contributed by atoms with Crippen LogP contribution < -0.4 is 5.56 Å². The average molecular weight is 382 g/mol. The molecule has 0 atom stereocenters. The van der Waals surface area contributed by atoms with Crippen molar-refractivity contribution in [2.45, 2.75) is 6.92 Å². The van der Waals surface area contributed by atoms with Crippen LogP contribution in [0.4, 0.5) is 0 Å². The highest BCUT2D eigenvalue weighted by molar-refractivity contribution is 6.06. The molecule has 0 saturated heterocycles.